The summed E-state index contributed by atoms with van der Waals surface area (Å²) in [5, 5.41) is 11.0. The minimum absolute atomic E-state index is 0.0642. The van der Waals surface area contributed by atoms with E-state index in [-0.39, 0.29) is 29.7 Å². The van der Waals surface area contributed by atoms with Crippen LogP contribution in [-0.2, 0) is 15.5 Å². The molecule has 0 N–H and O–H groups in total. The summed E-state index contributed by atoms with van der Waals surface area (Å²) >= 11 is 0. The van der Waals surface area contributed by atoms with E-state index < -0.39 is 14.0 Å². The zero-order valence-corrected chi connectivity index (χ0v) is 13.5. The minimum atomic E-state index is -3.62. The first kappa shape index (κ1) is 17.7. The average molecular weight is 336 g/mol. The summed E-state index contributed by atoms with van der Waals surface area (Å²) in [6.07, 6.45) is 1.23. The molecule has 0 saturated heterocycles. The number of halogens is 1. The third-order valence-corrected chi connectivity index (χ3v) is 4.36. The molecule has 0 radical (unpaired) electrons. The van der Waals surface area contributed by atoms with Gasteiger partial charge >= 0.3 is 5.69 Å². The van der Waals surface area contributed by atoms with Gasteiger partial charge in [-0.1, -0.05) is 19.9 Å². The maximum atomic E-state index is 11.1. The zero-order valence-electron chi connectivity index (χ0n) is 11.9. The fourth-order valence-electron chi connectivity index (χ4n) is 1.82. The van der Waals surface area contributed by atoms with E-state index in [4.69, 9.17) is 15.4 Å². The van der Waals surface area contributed by atoms with Crippen LogP contribution in [0.25, 0.3) is 0 Å². The van der Waals surface area contributed by atoms with Crippen molar-refractivity contribution in [1.82, 2.24) is 0 Å². The number of benzene rings is 1. The fraction of sp³-hybridized carbons (Fsp3) is 0.538. The van der Waals surface area contributed by atoms with Gasteiger partial charge in [-0.05, 0) is 24.5 Å². The van der Waals surface area contributed by atoms with Crippen molar-refractivity contribution in [2.75, 3.05) is 12.4 Å². The molecule has 118 valence electrons. The van der Waals surface area contributed by atoms with Crippen LogP contribution in [0.5, 0.6) is 5.75 Å². The Hall–Kier alpha value is -1.34. The van der Waals surface area contributed by atoms with E-state index in [0.29, 0.717) is 12.8 Å². The molecule has 0 heterocycles. The Morgan fingerprint density at radius 2 is 2.05 bits per heavy atom. The van der Waals surface area contributed by atoms with Crippen LogP contribution in [0.15, 0.2) is 18.2 Å². The molecule has 0 aliphatic rings. The van der Waals surface area contributed by atoms with Crippen LogP contribution in [0.2, 0.25) is 0 Å². The molecular weight excluding hydrogens is 318 g/mol. The SMILES string of the molecule is CCc1ccc(OCC(CC)CS(=O)(=O)Cl)c([N+](=O)[O-])c1. The van der Waals surface area contributed by atoms with E-state index in [1.807, 2.05) is 13.8 Å². The van der Waals surface area contributed by atoms with Crippen LogP contribution < -0.4 is 4.74 Å². The second-order valence-corrected chi connectivity index (χ2v) is 7.53. The highest BCUT2D eigenvalue weighted by Crippen LogP contribution is 2.29. The van der Waals surface area contributed by atoms with Crippen molar-refractivity contribution < 1.29 is 18.1 Å². The molecule has 0 spiro atoms. The predicted molar refractivity (Wildman–Crippen MR) is 81.4 cm³/mol. The molecule has 0 amide bonds. The van der Waals surface area contributed by atoms with E-state index in [1.54, 1.807) is 12.1 Å². The molecule has 1 rings (SSSR count). The lowest BCUT2D eigenvalue weighted by Gasteiger charge is -2.14. The quantitative estimate of drug-likeness (QED) is 0.414. The van der Waals surface area contributed by atoms with E-state index >= 15 is 0 Å². The van der Waals surface area contributed by atoms with Crippen LogP contribution in [0.3, 0.4) is 0 Å². The summed E-state index contributed by atoms with van der Waals surface area (Å²) in [5.41, 5.74) is 0.724. The van der Waals surface area contributed by atoms with Gasteiger partial charge in [0.25, 0.3) is 0 Å². The molecule has 0 aliphatic heterocycles. The normalized spacial score (nSPS) is 12.9. The predicted octanol–water partition coefficient (Wildman–Crippen LogP) is 3.13. The summed E-state index contributed by atoms with van der Waals surface area (Å²) in [6, 6.07) is 4.76. The number of aryl methyl sites for hydroxylation is 1. The first-order valence-corrected chi connectivity index (χ1v) is 9.07. The third-order valence-electron chi connectivity index (χ3n) is 3.11. The standard InChI is InChI=1S/C13H18ClNO5S/c1-3-10-5-6-13(12(7-10)15(16)17)20-8-11(4-2)9-21(14,18)19/h5-7,11H,3-4,8-9H2,1-2H3. The number of hydrogen-bond donors (Lipinski definition) is 0. The van der Waals surface area contributed by atoms with Crippen LogP contribution in [0.1, 0.15) is 25.8 Å². The Balaban J connectivity index is 2.85. The number of hydrogen-bond acceptors (Lipinski definition) is 5. The number of ether oxygens (including phenoxy) is 1. The number of nitro benzene ring substituents is 1. The highest BCUT2D eigenvalue weighted by Gasteiger charge is 2.20. The van der Waals surface area contributed by atoms with Gasteiger partial charge < -0.3 is 4.74 Å². The van der Waals surface area contributed by atoms with Gasteiger partial charge in [0.1, 0.15) is 0 Å². The fourth-order valence-corrected chi connectivity index (χ4v) is 3.25. The molecule has 0 fully saturated rings. The molecule has 21 heavy (non-hydrogen) atoms. The van der Waals surface area contributed by atoms with Crippen LogP contribution in [0, 0.1) is 16.0 Å². The van der Waals surface area contributed by atoms with Crippen molar-refractivity contribution in [3.63, 3.8) is 0 Å². The van der Waals surface area contributed by atoms with Gasteiger partial charge in [0.2, 0.25) is 9.05 Å². The Morgan fingerprint density at radius 1 is 1.38 bits per heavy atom. The van der Waals surface area contributed by atoms with Gasteiger partial charge in [0, 0.05) is 22.7 Å². The molecule has 1 aromatic rings. The Morgan fingerprint density at radius 3 is 2.52 bits per heavy atom. The Kier molecular flexibility index (Phi) is 6.42. The maximum absolute atomic E-state index is 11.1. The van der Waals surface area contributed by atoms with Crippen molar-refractivity contribution >= 4 is 25.4 Å². The molecule has 0 aromatic heterocycles. The molecular formula is C13H18ClNO5S. The summed E-state index contributed by atoms with van der Waals surface area (Å²) in [5.74, 6) is -0.383. The smallest absolute Gasteiger partial charge is 0.311 e. The summed E-state index contributed by atoms with van der Waals surface area (Å²) in [6.45, 7) is 3.78. The molecule has 0 saturated carbocycles. The summed E-state index contributed by atoms with van der Waals surface area (Å²) < 4.78 is 27.6. The van der Waals surface area contributed by atoms with Crippen LogP contribution in [-0.4, -0.2) is 25.7 Å². The number of rotatable bonds is 8. The number of nitro groups is 1. The first-order valence-electron chi connectivity index (χ1n) is 6.59. The topological polar surface area (TPSA) is 86.5 Å². The average Bonchev–Trinajstić information content (AvgIpc) is 2.41. The van der Waals surface area contributed by atoms with E-state index in [0.717, 1.165) is 5.56 Å². The van der Waals surface area contributed by atoms with Gasteiger partial charge in [-0.2, -0.15) is 0 Å². The molecule has 1 aromatic carbocycles. The second kappa shape index (κ2) is 7.61. The van der Waals surface area contributed by atoms with E-state index in [1.165, 1.54) is 6.07 Å². The Labute approximate surface area is 128 Å². The van der Waals surface area contributed by atoms with E-state index in [9.17, 15) is 18.5 Å². The van der Waals surface area contributed by atoms with Gasteiger partial charge in [0.05, 0.1) is 17.3 Å². The Bertz CT molecular complexity index is 603. The van der Waals surface area contributed by atoms with Crippen molar-refractivity contribution in [2.24, 2.45) is 5.92 Å². The highest BCUT2D eigenvalue weighted by atomic mass is 35.7. The summed E-state index contributed by atoms with van der Waals surface area (Å²) in [4.78, 5) is 10.5. The summed E-state index contributed by atoms with van der Waals surface area (Å²) in [7, 11) is 1.60. The second-order valence-electron chi connectivity index (χ2n) is 4.70. The van der Waals surface area contributed by atoms with Gasteiger partial charge in [0.15, 0.2) is 5.75 Å². The van der Waals surface area contributed by atoms with Gasteiger partial charge in [-0.3, -0.25) is 10.1 Å². The minimum Gasteiger partial charge on any atom is -0.486 e. The highest BCUT2D eigenvalue weighted by molar-refractivity contribution is 8.13. The van der Waals surface area contributed by atoms with Crippen LogP contribution in [0.4, 0.5) is 5.69 Å². The molecule has 1 unspecified atom stereocenters. The first-order chi connectivity index (χ1) is 9.76. The lowest BCUT2D eigenvalue weighted by atomic mass is 10.1. The maximum Gasteiger partial charge on any atom is 0.311 e. The van der Waals surface area contributed by atoms with Gasteiger partial charge in [-0.15, -0.1) is 0 Å². The monoisotopic (exact) mass is 335 g/mol. The number of nitrogens with zero attached hydrogens (tertiary/aromatic N) is 1. The lowest BCUT2D eigenvalue weighted by Crippen LogP contribution is -2.19. The van der Waals surface area contributed by atoms with Crippen molar-refractivity contribution in [3.05, 3.63) is 33.9 Å². The van der Waals surface area contributed by atoms with Crippen molar-refractivity contribution in [2.45, 2.75) is 26.7 Å². The van der Waals surface area contributed by atoms with E-state index in [2.05, 4.69) is 0 Å². The van der Waals surface area contributed by atoms with Crippen molar-refractivity contribution in [3.8, 4) is 5.75 Å². The molecule has 8 heteroatoms. The molecule has 0 bridgehead atoms. The molecule has 6 nitrogen and oxygen atoms in total. The molecule has 1 atom stereocenters. The largest absolute Gasteiger partial charge is 0.486 e. The molecule has 0 aliphatic carbocycles. The van der Waals surface area contributed by atoms with Crippen molar-refractivity contribution in [1.29, 1.82) is 0 Å². The third kappa shape index (κ3) is 5.89. The van der Waals surface area contributed by atoms with Gasteiger partial charge in [-0.25, -0.2) is 8.42 Å². The van der Waals surface area contributed by atoms with Crippen LogP contribution >= 0.6 is 10.7 Å². The zero-order chi connectivity index (χ0) is 16.0. The lowest BCUT2D eigenvalue weighted by molar-refractivity contribution is -0.386.